The van der Waals surface area contributed by atoms with E-state index in [2.05, 4.69) is 258 Å². The van der Waals surface area contributed by atoms with Crippen molar-refractivity contribution in [3.8, 4) is 89.8 Å². The first-order valence-corrected chi connectivity index (χ1v) is 38.3. The molecule has 7 nitrogen and oxygen atoms in total. The number of benzene rings is 12. The second-order valence-corrected chi connectivity index (χ2v) is 29.6. The zero-order valence-electron chi connectivity index (χ0n) is 57.8. The monoisotopic (exact) mass is 1300 g/mol. The summed E-state index contributed by atoms with van der Waals surface area (Å²) in [6.45, 7) is 26.4. The van der Waals surface area contributed by atoms with E-state index in [9.17, 15) is 0 Å². The van der Waals surface area contributed by atoms with Gasteiger partial charge in [-0.1, -0.05) is 227 Å². The molecular weight excluding hydrogens is 1220 g/mol. The van der Waals surface area contributed by atoms with Gasteiger partial charge in [-0.25, -0.2) is 9.13 Å². The van der Waals surface area contributed by atoms with Crippen molar-refractivity contribution in [2.45, 2.75) is 154 Å². The van der Waals surface area contributed by atoms with Gasteiger partial charge in [0.15, 0.2) is 0 Å². The highest BCUT2D eigenvalue weighted by Gasteiger charge is 2.50. The van der Waals surface area contributed by atoms with Gasteiger partial charge >= 0.3 is 15.5 Å². The molecule has 12 aromatic rings. The normalized spacial score (nSPS) is 14.7. The van der Waals surface area contributed by atoms with Gasteiger partial charge < -0.3 is 18.1 Å². The van der Waals surface area contributed by atoms with Gasteiger partial charge in [0.2, 0.25) is 0 Å². The second kappa shape index (κ2) is 26.0. The molecule has 14 rings (SSSR count). The average Bonchev–Trinajstić information content (AvgIpc) is 1.60. The second-order valence-electron chi connectivity index (χ2n) is 26.1. The Morgan fingerprint density at radius 2 is 0.490 bits per heavy atom. The smallest absolute Gasteiger partial charge is 0.403 e. The molecule has 1 N–H and O–H groups in total. The van der Waals surface area contributed by atoms with Crippen molar-refractivity contribution < 1.29 is 27.2 Å². The van der Waals surface area contributed by atoms with Crippen LogP contribution in [0.4, 0.5) is 0 Å². The Hall–Kier alpha value is -8.70. The van der Waals surface area contributed by atoms with E-state index in [4.69, 9.17) is 18.1 Å². The molecule has 0 saturated carbocycles. The lowest BCUT2D eigenvalue weighted by atomic mass is 9.82. The van der Waals surface area contributed by atoms with Crippen LogP contribution < -0.4 is 23.0 Å². The SMILES string of the molecule is CCc1cc(C)c(-c2cc3ccccc3c3c2OP(=O)(NP2(=O)Oc4c(-c5c(CC)cc(CC)cc5CC)cc5ccccc5c4-c4c(c(-c5c(CC)cc(CC)cc5CC)cc5ccccc45)O2)Oc2c(-c4c(CC)cc(CC)cc4CC)cc4ccccc4c2-3)c(CC)c1. The topological polar surface area (TPSA) is 83.1 Å². The van der Waals surface area contributed by atoms with Crippen molar-refractivity contribution in [3.05, 3.63) is 237 Å². The summed E-state index contributed by atoms with van der Waals surface area (Å²) in [7, 11) is -10.4. The number of hydrogen-bond donors (Lipinski definition) is 1. The van der Waals surface area contributed by atoms with E-state index in [-0.39, 0.29) is 0 Å². The number of aryl methyl sites for hydroxylation is 12. The van der Waals surface area contributed by atoms with Crippen LogP contribution in [0.5, 0.6) is 23.0 Å². The minimum absolute atomic E-state index is 0.341. The van der Waals surface area contributed by atoms with Crippen molar-refractivity contribution in [2.24, 2.45) is 0 Å². The van der Waals surface area contributed by atoms with E-state index >= 15 is 9.13 Å². The molecule has 0 fully saturated rings. The van der Waals surface area contributed by atoms with E-state index in [0.29, 0.717) is 23.0 Å². The molecule has 2 aliphatic rings. The van der Waals surface area contributed by atoms with Gasteiger partial charge in [0.25, 0.3) is 0 Å². The minimum Gasteiger partial charge on any atom is -0.403 e. The molecule has 2 aliphatic heterocycles. The zero-order chi connectivity index (χ0) is 66.9. The van der Waals surface area contributed by atoms with Crippen molar-refractivity contribution >= 4 is 58.6 Å². The average molecular weight is 1300 g/mol. The van der Waals surface area contributed by atoms with Gasteiger partial charge in [-0.05, 0) is 234 Å². The molecule has 0 bridgehead atoms. The highest BCUT2D eigenvalue weighted by molar-refractivity contribution is 7.68. The summed E-state index contributed by atoms with van der Waals surface area (Å²) in [6.07, 6.45) is 8.54. The fourth-order valence-corrected chi connectivity index (χ4v) is 19.5. The third kappa shape index (κ3) is 10.9. The van der Waals surface area contributed by atoms with Crippen LogP contribution in [0.25, 0.3) is 110 Å². The van der Waals surface area contributed by atoms with E-state index in [1.807, 2.05) is 0 Å². The van der Waals surface area contributed by atoms with Crippen molar-refractivity contribution in [1.82, 2.24) is 4.86 Å². The lowest BCUT2D eigenvalue weighted by Gasteiger charge is -2.27. The molecule has 0 spiro atoms. The molecule has 0 aliphatic carbocycles. The fraction of sp³-hybridized carbons (Fsp3) is 0.264. The molecule has 0 amide bonds. The summed E-state index contributed by atoms with van der Waals surface area (Å²) in [4.78, 5) is 3.27. The Labute approximate surface area is 567 Å². The Kier molecular flexibility index (Phi) is 17.5. The molecule has 0 radical (unpaired) electrons. The molecule has 1 atom stereocenters. The van der Waals surface area contributed by atoms with Gasteiger partial charge in [-0.3, -0.25) is 0 Å². The quantitative estimate of drug-likeness (QED) is 0.0910. The van der Waals surface area contributed by atoms with Gasteiger partial charge in [-0.15, -0.1) is 0 Å². The van der Waals surface area contributed by atoms with E-state index in [1.54, 1.807) is 0 Å². The summed E-state index contributed by atoms with van der Waals surface area (Å²) in [5.41, 5.74) is 23.9. The Balaban J connectivity index is 1.14. The first kappa shape index (κ1) is 64.6. The van der Waals surface area contributed by atoms with Crippen LogP contribution >= 0.6 is 15.5 Å². The summed E-state index contributed by atoms with van der Waals surface area (Å²) in [6, 6.07) is 60.9. The standard InChI is InChI=1S/C87H87NO6P2/c1-13-53-40-52(12)76(57(17-5)41-53)72-48-64-32-24-28-36-68(64)80-81-69-37-29-25-33-65(69)49-73(77-58(18-6)42-54(14-2)43-59(77)19-7)85(81)92-95(89,91-84(72)80)88-96(90)93-86-74(78-60(20-8)44-55(15-3)45-61(78)21-9)50-66-34-26-30-38-70(66)82(86)83-71-39-31-27-35-67(71)51-75(87(83)94-96)79-62(22-10)46-56(16-4)47-63(79)23-11/h24-51H,13-23H2,1-12H3,(H,88,89,90). The number of fused-ring (bicyclic) bond motifs is 14. The summed E-state index contributed by atoms with van der Waals surface area (Å²) >= 11 is 0. The summed E-state index contributed by atoms with van der Waals surface area (Å²) in [5.74, 6) is 1.39. The highest BCUT2D eigenvalue weighted by atomic mass is 31.3. The fourth-order valence-electron chi connectivity index (χ4n) is 15.8. The molecule has 486 valence electrons. The van der Waals surface area contributed by atoms with Crippen LogP contribution in [0, 0.1) is 6.92 Å². The molecule has 0 saturated heterocycles. The predicted molar refractivity (Wildman–Crippen MR) is 404 cm³/mol. The van der Waals surface area contributed by atoms with Crippen LogP contribution in [-0.2, 0) is 79.8 Å². The van der Waals surface area contributed by atoms with Gasteiger partial charge in [0, 0.05) is 44.5 Å². The summed E-state index contributed by atoms with van der Waals surface area (Å²) < 4.78 is 67.1. The Bertz CT molecular complexity index is 5020. The van der Waals surface area contributed by atoms with Crippen LogP contribution in [0.2, 0.25) is 0 Å². The van der Waals surface area contributed by atoms with E-state index in [1.165, 1.54) is 22.3 Å². The lowest BCUT2D eigenvalue weighted by molar-refractivity contribution is 0.359. The maximum Gasteiger partial charge on any atom is 0.524 e. The Morgan fingerprint density at radius 1 is 0.271 bits per heavy atom. The number of hydrogen-bond acceptors (Lipinski definition) is 6. The first-order valence-electron chi connectivity index (χ1n) is 35.3. The zero-order valence-corrected chi connectivity index (χ0v) is 59.6. The van der Waals surface area contributed by atoms with Gasteiger partial charge in [0.05, 0.1) is 0 Å². The molecule has 12 aromatic carbocycles. The highest BCUT2D eigenvalue weighted by Crippen LogP contribution is 2.69. The molecule has 1 unspecified atom stereocenters. The maximum absolute atomic E-state index is 18.2. The molecule has 2 heterocycles. The molecule has 9 heteroatoms. The van der Waals surface area contributed by atoms with Crippen molar-refractivity contribution in [2.75, 3.05) is 0 Å². The molecule has 96 heavy (non-hydrogen) atoms. The van der Waals surface area contributed by atoms with E-state index < -0.39 is 15.5 Å². The van der Waals surface area contributed by atoms with Gasteiger partial charge in [0.1, 0.15) is 23.0 Å². The van der Waals surface area contributed by atoms with E-state index in [0.717, 1.165) is 225 Å². The summed E-state index contributed by atoms with van der Waals surface area (Å²) in [5, 5.41) is 7.46. The lowest BCUT2D eigenvalue weighted by Crippen LogP contribution is -2.22. The van der Waals surface area contributed by atoms with Crippen LogP contribution in [-0.4, -0.2) is 0 Å². The van der Waals surface area contributed by atoms with Crippen LogP contribution in [0.3, 0.4) is 0 Å². The first-order chi connectivity index (χ1) is 46.7. The van der Waals surface area contributed by atoms with Crippen molar-refractivity contribution in [1.29, 1.82) is 0 Å². The molecular formula is C87H87NO6P2. The predicted octanol–water partition coefficient (Wildman–Crippen LogP) is 24.8. The van der Waals surface area contributed by atoms with Crippen LogP contribution in [0.15, 0.2) is 170 Å². The largest absolute Gasteiger partial charge is 0.524 e. The molecule has 0 aromatic heterocycles. The number of nitrogens with one attached hydrogen (secondary N) is 1. The minimum atomic E-state index is -5.18. The van der Waals surface area contributed by atoms with Crippen LogP contribution in [0.1, 0.15) is 143 Å². The Morgan fingerprint density at radius 3 is 0.729 bits per heavy atom. The third-order valence-electron chi connectivity index (χ3n) is 20.5. The van der Waals surface area contributed by atoms with Gasteiger partial charge in [-0.2, -0.15) is 0 Å². The third-order valence-corrected chi connectivity index (χ3v) is 24.2. The maximum atomic E-state index is 18.2. The van der Waals surface area contributed by atoms with Crippen molar-refractivity contribution in [3.63, 3.8) is 0 Å². The number of rotatable bonds is 17.